The SMILES string of the molecule is COP(=O)(Cl)Oc1ccc(/C=C/C(=O)O[Si](C)(C)C(C)(C)C)cc1. The minimum Gasteiger partial charge on any atom is -0.516 e. The van der Waals surface area contributed by atoms with Crippen LogP contribution in [0.2, 0.25) is 18.1 Å². The van der Waals surface area contributed by atoms with Crippen molar-refractivity contribution in [3.05, 3.63) is 35.9 Å². The van der Waals surface area contributed by atoms with Crippen LogP contribution in [0.15, 0.2) is 30.3 Å². The lowest BCUT2D eigenvalue weighted by atomic mass is 10.2. The van der Waals surface area contributed by atoms with Gasteiger partial charge in [-0.1, -0.05) is 32.9 Å². The lowest BCUT2D eigenvalue weighted by molar-refractivity contribution is -0.129. The summed E-state index contributed by atoms with van der Waals surface area (Å²) in [4.78, 5) is 12.0. The molecule has 0 saturated heterocycles. The highest BCUT2D eigenvalue weighted by Gasteiger charge is 2.39. The van der Waals surface area contributed by atoms with Crippen LogP contribution < -0.4 is 4.52 Å². The Labute approximate surface area is 149 Å². The maximum absolute atomic E-state index is 12.0. The zero-order valence-corrected chi connectivity index (χ0v) is 17.5. The molecule has 0 bridgehead atoms. The van der Waals surface area contributed by atoms with Crippen molar-refractivity contribution >= 4 is 38.6 Å². The van der Waals surface area contributed by atoms with Crippen molar-refractivity contribution in [3.8, 4) is 5.75 Å². The van der Waals surface area contributed by atoms with E-state index in [4.69, 9.17) is 20.2 Å². The highest BCUT2D eigenvalue weighted by atomic mass is 35.7. The first-order chi connectivity index (χ1) is 10.9. The van der Waals surface area contributed by atoms with Gasteiger partial charge in [0.15, 0.2) is 0 Å². The number of hydrogen-bond acceptors (Lipinski definition) is 5. The third kappa shape index (κ3) is 6.44. The smallest absolute Gasteiger partial charge is 0.476 e. The van der Waals surface area contributed by atoms with Gasteiger partial charge in [-0.25, -0.2) is 9.36 Å². The fourth-order valence-corrected chi connectivity index (χ4v) is 2.97. The Bertz CT molecular complexity index is 649. The molecule has 1 aromatic rings. The Hall–Kier alpha value is -1.07. The van der Waals surface area contributed by atoms with E-state index in [0.717, 1.165) is 5.56 Å². The van der Waals surface area contributed by atoms with Gasteiger partial charge in [-0.2, -0.15) is 0 Å². The summed E-state index contributed by atoms with van der Waals surface area (Å²) < 4.78 is 26.7. The van der Waals surface area contributed by atoms with Gasteiger partial charge in [0.25, 0.3) is 8.32 Å². The molecule has 8 heteroatoms. The zero-order chi connectivity index (χ0) is 18.6. The highest BCUT2D eigenvalue weighted by Crippen LogP contribution is 2.52. The molecule has 0 heterocycles. The Morgan fingerprint density at radius 2 is 1.75 bits per heavy atom. The van der Waals surface area contributed by atoms with Crippen LogP contribution in [-0.2, 0) is 18.3 Å². The number of benzene rings is 1. The van der Waals surface area contributed by atoms with Gasteiger partial charge in [0.05, 0.1) is 0 Å². The molecule has 0 radical (unpaired) electrons. The molecule has 0 amide bonds. The quantitative estimate of drug-likeness (QED) is 0.358. The number of rotatable bonds is 6. The molecule has 134 valence electrons. The molecule has 0 fully saturated rings. The van der Waals surface area contributed by atoms with E-state index in [9.17, 15) is 9.36 Å². The van der Waals surface area contributed by atoms with Crippen LogP contribution in [0.4, 0.5) is 0 Å². The third-order valence-electron chi connectivity index (χ3n) is 3.89. The normalized spacial score (nSPS) is 15.1. The zero-order valence-electron chi connectivity index (χ0n) is 14.8. The molecule has 5 nitrogen and oxygen atoms in total. The van der Waals surface area contributed by atoms with Crippen molar-refractivity contribution < 1.29 is 22.8 Å². The van der Waals surface area contributed by atoms with Gasteiger partial charge in [-0.15, -0.1) is 0 Å². The van der Waals surface area contributed by atoms with Crippen LogP contribution in [0.5, 0.6) is 5.75 Å². The van der Waals surface area contributed by atoms with Crippen LogP contribution in [0, 0.1) is 0 Å². The van der Waals surface area contributed by atoms with E-state index < -0.39 is 15.3 Å². The molecule has 0 spiro atoms. The Balaban J connectivity index is 2.71. The van der Waals surface area contributed by atoms with Crippen LogP contribution in [0.3, 0.4) is 0 Å². The van der Waals surface area contributed by atoms with Gasteiger partial charge >= 0.3 is 12.9 Å². The Morgan fingerprint density at radius 3 is 2.21 bits per heavy atom. The maximum atomic E-state index is 12.0. The summed E-state index contributed by atoms with van der Waals surface area (Å²) in [5.41, 5.74) is 0.774. The van der Waals surface area contributed by atoms with Crippen LogP contribution >= 0.6 is 18.2 Å². The number of hydrogen-bond donors (Lipinski definition) is 0. The average Bonchev–Trinajstić information content (AvgIpc) is 2.44. The molecule has 0 aromatic heterocycles. The van der Waals surface area contributed by atoms with Gasteiger partial charge in [0, 0.05) is 24.4 Å². The van der Waals surface area contributed by atoms with E-state index >= 15 is 0 Å². The first-order valence-corrected chi connectivity index (χ1v) is 12.8. The summed E-state index contributed by atoms with van der Waals surface area (Å²) in [6, 6.07) is 6.59. The molecule has 24 heavy (non-hydrogen) atoms. The van der Waals surface area contributed by atoms with Crippen molar-refractivity contribution in [1.82, 2.24) is 0 Å². The monoisotopic (exact) mass is 390 g/mol. The lowest BCUT2D eigenvalue weighted by Crippen LogP contribution is -2.42. The van der Waals surface area contributed by atoms with Crippen LogP contribution in [-0.4, -0.2) is 21.4 Å². The third-order valence-corrected chi connectivity index (χ3v) is 9.70. The van der Waals surface area contributed by atoms with Crippen molar-refractivity contribution in [2.24, 2.45) is 0 Å². The first-order valence-electron chi connectivity index (χ1n) is 7.42. The molecule has 0 N–H and O–H groups in total. The van der Waals surface area contributed by atoms with Gasteiger partial charge in [-0.05, 0) is 41.9 Å². The van der Waals surface area contributed by atoms with Crippen LogP contribution in [0.25, 0.3) is 6.08 Å². The summed E-state index contributed by atoms with van der Waals surface area (Å²) in [6.07, 6.45) is 3.05. The fourth-order valence-electron chi connectivity index (χ4n) is 1.41. The standard InChI is InChI=1S/C16H24ClO5PSi/c1-16(2,3)24(5,6)22-15(18)12-9-13-7-10-14(11-8-13)21-23(17,19)20-4/h7-12H,1-6H3/b12-9+. The minimum absolute atomic E-state index is 0.0354. The van der Waals surface area contributed by atoms with E-state index in [0.29, 0.717) is 5.75 Å². The number of carbonyl (C=O) groups excluding carboxylic acids is 1. The number of carbonyl (C=O) groups is 1. The topological polar surface area (TPSA) is 61.8 Å². The van der Waals surface area contributed by atoms with E-state index in [1.54, 1.807) is 30.3 Å². The highest BCUT2D eigenvalue weighted by molar-refractivity contribution is 7.81. The van der Waals surface area contributed by atoms with Crippen molar-refractivity contribution in [1.29, 1.82) is 0 Å². The molecule has 0 aliphatic rings. The predicted molar refractivity (Wildman–Crippen MR) is 99.9 cm³/mol. The molecule has 1 aromatic carbocycles. The molecule has 1 rings (SSSR count). The minimum atomic E-state index is -3.60. The second kappa shape index (κ2) is 7.87. The second-order valence-electron chi connectivity index (χ2n) is 6.79. The summed E-state index contributed by atoms with van der Waals surface area (Å²) in [5.74, 6) is -0.0391. The fraction of sp³-hybridized carbons (Fsp3) is 0.438. The van der Waals surface area contributed by atoms with E-state index in [1.165, 1.54) is 13.2 Å². The molecular weight excluding hydrogens is 367 g/mol. The van der Waals surface area contributed by atoms with E-state index in [-0.39, 0.29) is 11.0 Å². The lowest BCUT2D eigenvalue weighted by Gasteiger charge is -2.34. The number of halogens is 1. The predicted octanol–water partition coefficient (Wildman–Crippen LogP) is 5.62. The molecule has 0 aliphatic carbocycles. The molecule has 1 unspecified atom stereocenters. The molecule has 1 atom stereocenters. The van der Waals surface area contributed by atoms with E-state index in [1.807, 2.05) is 13.1 Å². The summed E-state index contributed by atoms with van der Waals surface area (Å²) in [6.45, 7) is 6.66. The summed E-state index contributed by atoms with van der Waals surface area (Å²) in [7, 11) is -0.919. The van der Waals surface area contributed by atoms with Crippen molar-refractivity contribution in [2.45, 2.75) is 38.9 Å². The second-order valence-corrected chi connectivity index (χ2v) is 14.2. The first kappa shape index (κ1) is 21.0. The van der Waals surface area contributed by atoms with Gasteiger partial charge in [0.2, 0.25) is 0 Å². The van der Waals surface area contributed by atoms with Gasteiger partial charge in [-0.3, -0.25) is 4.52 Å². The molecule has 0 saturated carbocycles. The molecule has 0 aliphatic heterocycles. The van der Waals surface area contributed by atoms with Crippen LogP contribution in [0.1, 0.15) is 26.3 Å². The van der Waals surface area contributed by atoms with Crippen molar-refractivity contribution in [2.75, 3.05) is 7.11 Å². The van der Waals surface area contributed by atoms with Crippen molar-refractivity contribution in [3.63, 3.8) is 0 Å². The maximum Gasteiger partial charge on any atom is 0.476 e. The van der Waals surface area contributed by atoms with E-state index in [2.05, 4.69) is 25.3 Å². The largest absolute Gasteiger partial charge is 0.516 e. The van der Waals surface area contributed by atoms with Gasteiger partial charge < -0.3 is 8.95 Å². The Morgan fingerprint density at radius 1 is 1.21 bits per heavy atom. The Kier molecular flexibility index (Phi) is 6.88. The summed E-state index contributed by atoms with van der Waals surface area (Å²) >= 11 is 5.54. The average molecular weight is 391 g/mol. The summed E-state index contributed by atoms with van der Waals surface area (Å²) in [5, 5.41) is -0.0354. The van der Waals surface area contributed by atoms with Gasteiger partial charge in [0.1, 0.15) is 5.75 Å². The molecular formula is C16H24ClO5PSi.